The molecule has 104 valence electrons. The van der Waals surface area contributed by atoms with Gasteiger partial charge in [0.15, 0.2) is 0 Å². The number of nitrogens with two attached hydrogens (primary N) is 1. The lowest BCUT2D eigenvalue weighted by Crippen LogP contribution is -2.49. The quantitative estimate of drug-likeness (QED) is 0.811. The second-order valence-electron chi connectivity index (χ2n) is 4.43. The van der Waals surface area contributed by atoms with Crippen LogP contribution in [0.3, 0.4) is 0 Å². The molecule has 3 N–H and O–H groups in total. The summed E-state index contributed by atoms with van der Waals surface area (Å²) in [5.41, 5.74) is 5.87. The average molecular weight is 291 g/mol. The lowest BCUT2D eigenvalue weighted by Gasteiger charge is -2.26. The third-order valence-electron chi connectivity index (χ3n) is 3.22. The van der Waals surface area contributed by atoms with Gasteiger partial charge in [-0.05, 0) is 30.7 Å². The second-order valence-corrected chi connectivity index (χ2v) is 5.46. The van der Waals surface area contributed by atoms with Gasteiger partial charge in [0.25, 0.3) is 0 Å². The van der Waals surface area contributed by atoms with Crippen molar-refractivity contribution in [1.29, 1.82) is 0 Å². The van der Waals surface area contributed by atoms with Crippen LogP contribution in [0.15, 0.2) is 17.5 Å². The number of carbonyl (C=O) groups is 1. The zero-order valence-corrected chi connectivity index (χ0v) is 12.7. The number of hydrogen-bond acceptors (Lipinski definition) is 3. The van der Waals surface area contributed by atoms with E-state index in [0.29, 0.717) is 13.0 Å². The van der Waals surface area contributed by atoms with Crippen LogP contribution in [0, 0.1) is 0 Å². The van der Waals surface area contributed by atoms with E-state index in [4.69, 9.17) is 5.73 Å². The minimum absolute atomic E-state index is 0. The van der Waals surface area contributed by atoms with Gasteiger partial charge in [0.05, 0.1) is 0 Å². The number of carbonyl (C=O) groups excluding carboxylic acids is 1. The maximum absolute atomic E-state index is 11.7. The fraction of sp³-hybridized carbons (Fsp3) is 0.615. The fourth-order valence-corrected chi connectivity index (χ4v) is 2.26. The maximum atomic E-state index is 11.7. The molecule has 5 heteroatoms. The first-order chi connectivity index (χ1) is 8.09. The summed E-state index contributed by atoms with van der Waals surface area (Å²) in [7, 11) is 0. The Balaban J connectivity index is 0.00000289. The number of aryl methyl sites for hydroxylation is 1. The van der Waals surface area contributed by atoms with E-state index in [1.807, 2.05) is 11.4 Å². The zero-order chi connectivity index (χ0) is 12.7. The molecule has 1 aromatic rings. The first-order valence-corrected chi connectivity index (χ1v) is 7.05. The van der Waals surface area contributed by atoms with Crippen LogP contribution in [0.2, 0.25) is 0 Å². The minimum Gasteiger partial charge on any atom is -0.354 e. The highest BCUT2D eigenvalue weighted by molar-refractivity contribution is 7.09. The third-order valence-corrected chi connectivity index (χ3v) is 4.16. The third kappa shape index (κ3) is 5.85. The van der Waals surface area contributed by atoms with Crippen LogP contribution < -0.4 is 11.1 Å². The standard InChI is InChI=1S/C13H22N2OS.ClH/c1-3-13(14,4-2)10-15-12(16)8-7-11-6-5-9-17-11;/h5-6,9H,3-4,7-8,10,14H2,1-2H3,(H,15,16);1H. The van der Waals surface area contributed by atoms with Crippen molar-refractivity contribution in [2.24, 2.45) is 5.73 Å². The Hall–Kier alpha value is -0.580. The Morgan fingerprint density at radius 1 is 1.44 bits per heavy atom. The Labute approximate surface area is 120 Å². The van der Waals surface area contributed by atoms with Crippen LogP contribution in [0.5, 0.6) is 0 Å². The molecule has 0 aromatic carbocycles. The molecular formula is C13H23ClN2OS. The molecule has 1 amide bonds. The summed E-state index contributed by atoms with van der Waals surface area (Å²) in [6, 6.07) is 4.07. The van der Waals surface area contributed by atoms with Gasteiger partial charge in [-0.3, -0.25) is 4.79 Å². The summed E-state index contributed by atoms with van der Waals surface area (Å²) >= 11 is 1.69. The van der Waals surface area contributed by atoms with Crippen molar-refractivity contribution < 1.29 is 4.79 Å². The molecule has 0 unspecified atom stereocenters. The van der Waals surface area contributed by atoms with Gasteiger partial charge in [0.2, 0.25) is 5.91 Å². The van der Waals surface area contributed by atoms with Crippen molar-refractivity contribution in [2.45, 2.75) is 45.1 Å². The van der Waals surface area contributed by atoms with Crippen molar-refractivity contribution in [1.82, 2.24) is 5.32 Å². The van der Waals surface area contributed by atoms with E-state index >= 15 is 0 Å². The lowest BCUT2D eigenvalue weighted by molar-refractivity contribution is -0.121. The number of rotatable bonds is 7. The Bertz CT molecular complexity index is 337. The summed E-state index contributed by atoms with van der Waals surface area (Å²) in [5.74, 6) is 0.0927. The van der Waals surface area contributed by atoms with Gasteiger partial charge < -0.3 is 11.1 Å². The van der Waals surface area contributed by atoms with Crippen molar-refractivity contribution in [3.8, 4) is 0 Å². The summed E-state index contributed by atoms with van der Waals surface area (Å²) in [4.78, 5) is 12.9. The number of hydrogen-bond donors (Lipinski definition) is 2. The predicted molar refractivity (Wildman–Crippen MR) is 80.4 cm³/mol. The van der Waals surface area contributed by atoms with E-state index in [1.54, 1.807) is 11.3 Å². The molecule has 0 fully saturated rings. The molecule has 1 rings (SSSR count). The van der Waals surface area contributed by atoms with Crippen LogP contribution >= 0.6 is 23.7 Å². The van der Waals surface area contributed by atoms with Gasteiger partial charge in [0, 0.05) is 23.4 Å². The molecule has 1 heterocycles. The van der Waals surface area contributed by atoms with Gasteiger partial charge in [-0.2, -0.15) is 0 Å². The van der Waals surface area contributed by atoms with Crippen LogP contribution in [0.25, 0.3) is 0 Å². The van der Waals surface area contributed by atoms with E-state index in [1.165, 1.54) is 4.88 Å². The molecule has 0 bridgehead atoms. The molecule has 0 aliphatic heterocycles. The first-order valence-electron chi connectivity index (χ1n) is 6.17. The van der Waals surface area contributed by atoms with Crippen molar-refractivity contribution in [2.75, 3.05) is 6.54 Å². The van der Waals surface area contributed by atoms with Gasteiger partial charge >= 0.3 is 0 Å². The van der Waals surface area contributed by atoms with E-state index in [-0.39, 0.29) is 23.9 Å². The predicted octanol–water partition coefficient (Wildman–Crippen LogP) is 2.74. The summed E-state index contributed by atoms with van der Waals surface area (Å²) in [6.45, 7) is 4.69. The highest BCUT2D eigenvalue weighted by atomic mass is 35.5. The normalized spacial score (nSPS) is 10.8. The van der Waals surface area contributed by atoms with E-state index in [9.17, 15) is 4.79 Å². The highest BCUT2D eigenvalue weighted by Gasteiger charge is 2.20. The summed E-state index contributed by atoms with van der Waals surface area (Å²) in [6.07, 6.45) is 3.13. The average Bonchev–Trinajstić information content (AvgIpc) is 2.86. The topological polar surface area (TPSA) is 55.1 Å². The van der Waals surface area contributed by atoms with Crippen molar-refractivity contribution >= 4 is 29.7 Å². The SMILES string of the molecule is CCC(N)(CC)CNC(=O)CCc1cccs1.Cl. The largest absolute Gasteiger partial charge is 0.354 e. The Morgan fingerprint density at radius 2 is 2.11 bits per heavy atom. The Kier molecular flexibility index (Phi) is 8.24. The maximum Gasteiger partial charge on any atom is 0.220 e. The Morgan fingerprint density at radius 3 is 2.61 bits per heavy atom. The molecule has 0 saturated carbocycles. The molecule has 0 aliphatic carbocycles. The molecule has 0 radical (unpaired) electrons. The van der Waals surface area contributed by atoms with E-state index < -0.39 is 0 Å². The minimum atomic E-state index is -0.251. The summed E-state index contributed by atoms with van der Waals surface area (Å²) < 4.78 is 0. The van der Waals surface area contributed by atoms with Gasteiger partial charge in [-0.15, -0.1) is 23.7 Å². The molecule has 0 saturated heterocycles. The van der Waals surface area contributed by atoms with Gasteiger partial charge in [-0.1, -0.05) is 19.9 Å². The van der Waals surface area contributed by atoms with Gasteiger partial charge in [-0.25, -0.2) is 0 Å². The highest BCUT2D eigenvalue weighted by Crippen LogP contribution is 2.12. The van der Waals surface area contributed by atoms with Gasteiger partial charge in [0.1, 0.15) is 0 Å². The zero-order valence-electron chi connectivity index (χ0n) is 11.1. The lowest BCUT2D eigenvalue weighted by atomic mass is 9.94. The molecule has 18 heavy (non-hydrogen) atoms. The molecule has 1 aromatic heterocycles. The smallest absolute Gasteiger partial charge is 0.220 e. The molecule has 0 aliphatic rings. The molecule has 0 atom stereocenters. The fourth-order valence-electron chi connectivity index (χ4n) is 1.55. The van der Waals surface area contributed by atoms with Crippen LogP contribution in [0.1, 0.15) is 38.0 Å². The number of amides is 1. The van der Waals surface area contributed by atoms with Crippen LogP contribution in [0.4, 0.5) is 0 Å². The van der Waals surface area contributed by atoms with Crippen molar-refractivity contribution in [3.63, 3.8) is 0 Å². The van der Waals surface area contributed by atoms with E-state index in [0.717, 1.165) is 19.3 Å². The molecule has 3 nitrogen and oxygen atoms in total. The number of nitrogens with one attached hydrogen (secondary N) is 1. The second kappa shape index (κ2) is 8.51. The van der Waals surface area contributed by atoms with Crippen LogP contribution in [-0.4, -0.2) is 18.0 Å². The first kappa shape index (κ1) is 17.4. The number of halogens is 1. The molecular weight excluding hydrogens is 268 g/mol. The monoisotopic (exact) mass is 290 g/mol. The summed E-state index contributed by atoms with van der Waals surface area (Å²) in [5, 5.41) is 4.96. The molecule has 0 spiro atoms. The van der Waals surface area contributed by atoms with E-state index in [2.05, 4.69) is 25.2 Å². The van der Waals surface area contributed by atoms with Crippen molar-refractivity contribution in [3.05, 3.63) is 22.4 Å². The van der Waals surface area contributed by atoms with Crippen LogP contribution in [-0.2, 0) is 11.2 Å². The number of thiophene rings is 1.